The normalized spacial score (nSPS) is 32.7. The van der Waals surface area contributed by atoms with E-state index in [0.717, 1.165) is 13.1 Å². The molecule has 2 fully saturated rings. The SMILES string of the molecule is CC(=O)C1CNCCN1C1CC(=O)CC[N]1. The van der Waals surface area contributed by atoms with E-state index < -0.39 is 0 Å². The summed E-state index contributed by atoms with van der Waals surface area (Å²) in [7, 11) is 0. The number of nitrogens with zero attached hydrogens (tertiary/aromatic N) is 2. The Kier molecular flexibility index (Phi) is 3.68. The third kappa shape index (κ3) is 2.48. The van der Waals surface area contributed by atoms with Gasteiger partial charge in [-0.25, -0.2) is 5.32 Å². The number of Topliss-reactive ketones (excluding diaryl/α,β-unsaturated/α-hetero) is 2. The van der Waals surface area contributed by atoms with Crippen molar-refractivity contribution in [2.24, 2.45) is 0 Å². The fourth-order valence-corrected chi connectivity index (χ4v) is 2.38. The third-order valence-corrected chi connectivity index (χ3v) is 3.28. The first-order chi connectivity index (χ1) is 7.68. The molecule has 89 valence electrons. The summed E-state index contributed by atoms with van der Waals surface area (Å²) in [5, 5.41) is 7.67. The zero-order valence-corrected chi connectivity index (χ0v) is 9.61. The van der Waals surface area contributed by atoms with Crippen LogP contribution in [-0.2, 0) is 9.59 Å². The molecule has 0 amide bonds. The summed E-state index contributed by atoms with van der Waals surface area (Å²) in [5.41, 5.74) is 0. The molecule has 2 rings (SSSR count). The molecule has 1 N–H and O–H groups in total. The molecule has 0 spiro atoms. The fourth-order valence-electron chi connectivity index (χ4n) is 2.38. The Labute approximate surface area is 95.6 Å². The Balaban J connectivity index is 2.04. The Morgan fingerprint density at radius 3 is 3.06 bits per heavy atom. The number of ketones is 2. The van der Waals surface area contributed by atoms with Gasteiger partial charge < -0.3 is 5.32 Å². The standard InChI is InChI=1S/C11H18N3O2/c1-8(15)10-7-12-4-5-14(10)11-6-9(16)2-3-13-11/h10-12H,2-7H2,1H3. The van der Waals surface area contributed by atoms with Crippen LogP contribution in [0.4, 0.5) is 0 Å². The van der Waals surface area contributed by atoms with Gasteiger partial charge in [0, 0.05) is 39.0 Å². The highest BCUT2D eigenvalue weighted by atomic mass is 16.1. The first kappa shape index (κ1) is 11.7. The zero-order valence-electron chi connectivity index (χ0n) is 9.61. The predicted molar refractivity (Wildman–Crippen MR) is 59.1 cm³/mol. The highest BCUT2D eigenvalue weighted by Gasteiger charge is 2.34. The molecule has 0 aromatic carbocycles. The molecule has 0 saturated carbocycles. The van der Waals surface area contributed by atoms with Crippen molar-refractivity contribution in [3.63, 3.8) is 0 Å². The van der Waals surface area contributed by atoms with Gasteiger partial charge in [-0.1, -0.05) is 0 Å². The average Bonchev–Trinajstić information content (AvgIpc) is 2.29. The molecule has 5 heteroatoms. The van der Waals surface area contributed by atoms with Gasteiger partial charge in [0.1, 0.15) is 11.6 Å². The quantitative estimate of drug-likeness (QED) is 0.663. The van der Waals surface area contributed by atoms with Crippen molar-refractivity contribution < 1.29 is 9.59 Å². The molecule has 16 heavy (non-hydrogen) atoms. The monoisotopic (exact) mass is 224 g/mol. The second-order valence-electron chi connectivity index (χ2n) is 4.45. The Hall–Kier alpha value is -0.780. The molecular formula is C11H18N3O2. The van der Waals surface area contributed by atoms with Crippen LogP contribution in [0.25, 0.3) is 0 Å². The number of carbonyl (C=O) groups is 2. The maximum Gasteiger partial charge on any atom is 0.148 e. The molecule has 2 aliphatic heterocycles. The maximum absolute atomic E-state index is 11.5. The van der Waals surface area contributed by atoms with Gasteiger partial charge in [0.05, 0.1) is 12.2 Å². The topological polar surface area (TPSA) is 63.5 Å². The van der Waals surface area contributed by atoms with E-state index in [2.05, 4.69) is 15.5 Å². The molecular weight excluding hydrogens is 206 g/mol. The third-order valence-electron chi connectivity index (χ3n) is 3.28. The lowest BCUT2D eigenvalue weighted by Gasteiger charge is -2.40. The number of piperazine rings is 1. The van der Waals surface area contributed by atoms with Crippen molar-refractivity contribution in [1.82, 2.24) is 15.5 Å². The van der Waals surface area contributed by atoms with Crippen molar-refractivity contribution in [3.05, 3.63) is 0 Å². The first-order valence-corrected chi connectivity index (χ1v) is 5.83. The lowest BCUT2D eigenvalue weighted by atomic mass is 10.0. The lowest BCUT2D eigenvalue weighted by Crippen LogP contribution is -2.61. The molecule has 2 atom stereocenters. The Morgan fingerprint density at radius 1 is 1.56 bits per heavy atom. The van der Waals surface area contributed by atoms with E-state index in [-0.39, 0.29) is 23.8 Å². The number of carbonyl (C=O) groups excluding carboxylic acids is 2. The van der Waals surface area contributed by atoms with Crippen LogP contribution in [0, 0.1) is 0 Å². The van der Waals surface area contributed by atoms with Gasteiger partial charge >= 0.3 is 0 Å². The highest BCUT2D eigenvalue weighted by Crippen LogP contribution is 2.15. The molecule has 0 bridgehead atoms. The number of hydrogen-bond donors (Lipinski definition) is 1. The van der Waals surface area contributed by atoms with Gasteiger partial charge in [-0.05, 0) is 6.92 Å². The average molecular weight is 224 g/mol. The van der Waals surface area contributed by atoms with E-state index in [1.165, 1.54) is 0 Å². The first-order valence-electron chi connectivity index (χ1n) is 5.83. The van der Waals surface area contributed by atoms with Crippen molar-refractivity contribution in [3.8, 4) is 0 Å². The molecule has 2 heterocycles. The molecule has 2 saturated heterocycles. The molecule has 2 unspecified atom stereocenters. The van der Waals surface area contributed by atoms with Crippen LogP contribution in [-0.4, -0.2) is 54.9 Å². The van der Waals surface area contributed by atoms with Gasteiger partial charge in [0.2, 0.25) is 0 Å². The van der Waals surface area contributed by atoms with E-state index in [1.54, 1.807) is 6.92 Å². The van der Waals surface area contributed by atoms with Crippen LogP contribution >= 0.6 is 0 Å². The van der Waals surface area contributed by atoms with Crippen LogP contribution in [0.1, 0.15) is 19.8 Å². The van der Waals surface area contributed by atoms with Crippen LogP contribution in [0.5, 0.6) is 0 Å². The summed E-state index contributed by atoms with van der Waals surface area (Å²) < 4.78 is 0. The minimum Gasteiger partial charge on any atom is -0.313 e. The molecule has 5 nitrogen and oxygen atoms in total. The number of nitrogens with one attached hydrogen (secondary N) is 1. The second kappa shape index (κ2) is 5.03. The van der Waals surface area contributed by atoms with Gasteiger partial charge in [-0.15, -0.1) is 0 Å². The largest absolute Gasteiger partial charge is 0.313 e. The van der Waals surface area contributed by atoms with Crippen LogP contribution in [0.3, 0.4) is 0 Å². The van der Waals surface area contributed by atoms with E-state index >= 15 is 0 Å². The number of rotatable bonds is 2. The minimum atomic E-state index is -0.117. The lowest BCUT2D eigenvalue weighted by molar-refractivity contribution is -0.128. The molecule has 1 radical (unpaired) electrons. The molecule has 0 aromatic heterocycles. The maximum atomic E-state index is 11.5. The van der Waals surface area contributed by atoms with E-state index in [4.69, 9.17) is 0 Å². The van der Waals surface area contributed by atoms with E-state index in [0.29, 0.717) is 25.9 Å². The summed E-state index contributed by atoms with van der Waals surface area (Å²) in [4.78, 5) is 25.0. The highest BCUT2D eigenvalue weighted by molar-refractivity contribution is 5.82. The van der Waals surface area contributed by atoms with E-state index in [9.17, 15) is 9.59 Å². The van der Waals surface area contributed by atoms with Crippen LogP contribution in [0.15, 0.2) is 0 Å². The van der Waals surface area contributed by atoms with Crippen molar-refractivity contribution in [1.29, 1.82) is 0 Å². The zero-order chi connectivity index (χ0) is 11.5. The van der Waals surface area contributed by atoms with Gasteiger partial charge in [0.25, 0.3) is 0 Å². The predicted octanol–water partition coefficient (Wildman–Crippen LogP) is -0.857. The van der Waals surface area contributed by atoms with Crippen molar-refractivity contribution in [2.45, 2.75) is 32.0 Å². The summed E-state index contributed by atoms with van der Waals surface area (Å²) in [5.74, 6) is 0.418. The summed E-state index contributed by atoms with van der Waals surface area (Å²) in [6.07, 6.45) is 0.967. The van der Waals surface area contributed by atoms with Crippen LogP contribution in [0.2, 0.25) is 0 Å². The van der Waals surface area contributed by atoms with Crippen LogP contribution < -0.4 is 10.6 Å². The Morgan fingerprint density at radius 2 is 2.38 bits per heavy atom. The summed E-state index contributed by atoms with van der Waals surface area (Å²) >= 11 is 0. The molecule has 0 aromatic rings. The number of piperidine rings is 1. The summed E-state index contributed by atoms with van der Waals surface area (Å²) in [6, 6.07) is -0.117. The molecule has 0 aliphatic carbocycles. The number of hydrogen-bond acceptors (Lipinski definition) is 4. The van der Waals surface area contributed by atoms with E-state index in [1.807, 2.05) is 0 Å². The van der Waals surface area contributed by atoms with Gasteiger partial charge in [-0.2, -0.15) is 0 Å². The van der Waals surface area contributed by atoms with Gasteiger partial charge in [-0.3, -0.25) is 14.5 Å². The second-order valence-corrected chi connectivity index (χ2v) is 4.45. The Bertz CT molecular complexity index is 293. The smallest absolute Gasteiger partial charge is 0.148 e. The summed E-state index contributed by atoms with van der Waals surface area (Å²) in [6.45, 7) is 4.55. The minimum absolute atomic E-state index is 0.0720. The van der Waals surface area contributed by atoms with Crippen molar-refractivity contribution >= 4 is 11.6 Å². The van der Waals surface area contributed by atoms with Gasteiger partial charge in [0.15, 0.2) is 0 Å². The fraction of sp³-hybridized carbons (Fsp3) is 0.818. The van der Waals surface area contributed by atoms with Crippen molar-refractivity contribution in [2.75, 3.05) is 26.2 Å². The molecule has 2 aliphatic rings.